The predicted molar refractivity (Wildman–Crippen MR) is 75.4 cm³/mol. The Hall–Kier alpha value is -0.740. The molecule has 100 valence electrons. The lowest BCUT2D eigenvalue weighted by Gasteiger charge is -2.22. The molecule has 1 saturated carbocycles. The average molecular weight is 288 g/mol. The van der Waals surface area contributed by atoms with E-state index in [4.69, 9.17) is 17.3 Å². The molecule has 3 nitrogen and oxygen atoms in total. The lowest BCUT2D eigenvalue weighted by molar-refractivity contribution is 0.483. The van der Waals surface area contributed by atoms with Crippen LogP contribution in [0.15, 0.2) is 18.2 Å². The van der Waals surface area contributed by atoms with Crippen LogP contribution in [0.5, 0.6) is 0 Å². The van der Waals surface area contributed by atoms with Gasteiger partial charge < -0.3 is 5.73 Å². The molecule has 2 rings (SSSR count). The minimum atomic E-state index is -3.11. The summed E-state index contributed by atoms with van der Waals surface area (Å²) < 4.78 is 24.6. The standard InChI is InChI=1S/C13H18ClNO2S/c14-11-6-7-13(15)10(8-11)9-18(16,17)12-4-2-1-3-5-12/h6-8,12H,1-5,9,15H2. The van der Waals surface area contributed by atoms with Gasteiger partial charge in [-0.1, -0.05) is 30.9 Å². The molecule has 0 aliphatic heterocycles. The normalized spacial score (nSPS) is 17.8. The number of benzene rings is 1. The molecule has 0 aromatic heterocycles. The number of anilines is 1. The van der Waals surface area contributed by atoms with E-state index in [1.54, 1.807) is 18.2 Å². The molecule has 0 amide bonds. The number of nitrogens with two attached hydrogens (primary N) is 1. The van der Waals surface area contributed by atoms with E-state index in [0.29, 0.717) is 16.3 Å². The number of sulfone groups is 1. The zero-order chi connectivity index (χ0) is 13.2. The van der Waals surface area contributed by atoms with Gasteiger partial charge in [0.1, 0.15) is 0 Å². The first-order valence-electron chi connectivity index (χ1n) is 6.24. The second-order valence-electron chi connectivity index (χ2n) is 4.91. The summed E-state index contributed by atoms with van der Waals surface area (Å²) in [5.41, 5.74) is 6.92. The van der Waals surface area contributed by atoms with Gasteiger partial charge in [-0.3, -0.25) is 0 Å². The van der Waals surface area contributed by atoms with Gasteiger partial charge in [0.05, 0.1) is 11.0 Å². The first-order chi connectivity index (χ1) is 8.49. The van der Waals surface area contributed by atoms with E-state index < -0.39 is 9.84 Å². The lowest BCUT2D eigenvalue weighted by atomic mass is 10.0. The minimum absolute atomic E-state index is 0.00403. The van der Waals surface area contributed by atoms with Crippen LogP contribution in [0.25, 0.3) is 0 Å². The fraction of sp³-hybridized carbons (Fsp3) is 0.538. The van der Waals surface area contributed by atoms with E-state index in [9.17, 15) is 8.42 Å². The summed E-state index contributed by atoms with van der Waals surface area (Å²) in [7, 11) is -3.11. The Balaban J connectivity index is 2.18. The molecule has 2 N–H and O–H groups in total. The Bertz CT molecular complexity index is 522. The topological polar surface area (TPSA) is 60.2 Å². The van der Waals surface area contributed by atoms with Crippen LogP contribution in [0, 0.1) is 0 Å². The van der Waals surface area contributed by atoms with Gasteiger partial charge in [-0.05, 0) is 36.6 Å². The Labute approximate surface area is 113 Å². The average Bonchev–Trinajstić information content (AvgIpc) is 2.35. The van der Waals surface area contributed by atoms with Crippen molar-refractivity contribution in [3.05, 3.63) is 28.8 Å². The predicted octanol–water partition coefficient (Wildman–Crippen LogP) is 3.17. The Morgan fingerprint density at radius 2 is 1.89 bits per heavy atom. The molecule has 1 aliphatic carbocycles. The molecule has 18 heavy (non-hydrogen) atoms. The number of hydrogen-bond donors (Lipinski definition) is 1. The first kappa shape index (κ1) is 13.7. The molecule has 0 saturated heterocycles. The highest BCUT2D eigenvalue weighted by atomic mass is 35.5. The van der Waals surface area contributed by atoms with Crippen molar-refractivity contribution in [2.75, 3.05) is 5.73 Å². The van der Waals surface area contributed by atoms with Crippen molar-refractivity contribution in [3.8, 4) is 0 Å². The van der Waals surface area contributed by atoms with E-state index in [0.717, 1.165) is 32.1 Å². The number of halogens is 1. The van der Waals surface area contributed by atoms with Crippen LogP contribution in [-0.4, -0.2) is 13.7 Å². The Morgan fingerprint density at radius 3 is 2.56 bits per heavy atom. The summed E-state index contributed by atoms with van der Waals surface area (Å²) in [6, 6.07) is 4.99. The first-order valence-corrected chi connectivity index (χ1v) is 8.34. The van der Waals surface area contributed by atoms with Crippen LogP contribution in [0.2, 0.25) is 5.02 Å². The number of nitrogen functional groups attached to an aromatic ring is 1. The SMILES string of the molecule is Nc1ccc(Cl)cc1CS(=O)(=O)C1CCCCC1. The van der Waals surface area contributed by atoms with Crippen molar-refractivity contribution in [1.82, 2.24) is 0 Å². The smallest absolute Gasteiger partial charge is 0.157 e. The molecule has 0 bridgehead atoms. The lowest BCUT2D eigenvalue weighted by Crippen LogP contribution is -2.25. The molecular formula is C13H18ClNO2S. The minimum Gasteiger partial charge on any atom is -0.398 e. The summed E-state index contributed by atoms with van der Waals surface area (Å²) in [5.74, 6) is 0.00403. The largest absolute Gasteiger partial charge is 0.398 e. The summed E-state index contributed by atoms with van der Waals surface area (Å²) in [6.07, 6.45) is 4.72. The Kier molecular flexibility index (Phi) is 4.17. The molecule has 1 fully saturated rings. The third kappa shape index (κ3) is 3.18. The molecule has 0 spiro atoms. The van der Waals surface area contributed by atoms with Gasteiger partial charge in [-0.15, -0.1) is 0 Å². The second-order valence-corrected chi connectivity index (χ2v) is 7.63. The molecule has 0 heterocycles. The fourth-order valence-electron chi connectivity index (χ4n) is 2.46. The van der Waals surface area contributed by atoms with E-state index in [2.05, 4.69) is 0 Å². The maximum Gasteiger partial charge on any atom is 0.157 e. The second kappa shape index (κ2) is 5.49. The molecule has 1 aliphatic rings. The zero-order valence-electron chi connectivity index (χ0n) is 10.2. The number of rotatable bonds is 3. The summed E-state index contributed by atoms with van der Waals surface area (Å²) in [6.45, 7) is 0. The van der Waals surface area contributed by atoms with Crippen molar-refractivity contribution in [3.63, 3.8) is 0 Å². The molecule has 0 unspecified atom stereocenters. The van der Waals surface area contributed by atoms with Crippen LogP contribution >= 0.6 is 11.6 Å². The van der Waals surface area contributed by atoms with Crippen LogP contribution in [0.4, 0.5) is 5.69 Å². The van der Waals surface area contributed by atoms with Crippen LogP contribution in [0.3, 0.4) is 0 Å². The molecule has 1 aromatic carbocycles. The number of hydrogen-bond acceptors (Lipinski definition) is 3. The van der Waals surface area contributed by atoms with Gasteiger partial charge >= 0.3 is 0 Å². The van der Waals surface area contributed by atoms with E-state index in [1.165, 1.54) is 0 Å². The monoisotopic (exact) mass is 287 g/mol. The summed E-state index contributed by atoms with van der Waals surface area (Å²) in [5, 5.41) is 0.322. The zero-order valence-corrected chi connectivity index (χ0v) is 11.8. The molecule has 0 atom stereocenters. The van der Waals surface area contributed by atoms with Crippen molar-refractivity contribution in [2.45, 2.75) is 43.1 Å². The van der Waals surface area contributed by atoms with Crippen molar-refractivity contribution >= 4 is 27.1 Å². The highest BCUT2D eigenvalue weighted by Crippen LogP contribution is 2.28. The third-order valence-electron chi connectivity index (χ3n) is 3.52. The van der Waals surface area contributed by atoms with Crippen LogP contribution in [0.1, 0.15) is 37.7 Å². The third-order valence-corrected chi connectivity index (χ3v) is 5.96. The van der Waals surface area contributed by atoms with E-state index in [1.807, 2.05) is 0 Å². The fourth-order valence-corrected chi connectivity index (χ4v) is 4.62. The van der Waals surface area contributed by atoms with Crippen molar-refractivity contribution in [1.29, 1.82) is 0 Å². The maximum atomic E-state index is 12.3. The highest BCUT2D eigenvalue weighted by Gasteiger charge is 2.27. The van der Waals surface area contributed by atoms with Gasteiger partial charge in [0.15, 0.2) is 9.84 Å². The molecule has 0 radical (unpaired) electrons. The molecule has 5 heteroatoms. The van der Waals surface area contributed by atoms with Crippen molar-refractivity contribution in [2.24, 2.45) is 0 Å². The van der Waals surface area contributed by atoms with Gasteiger partial charge in [0.25, 0.3) is 0 Å². The van der Waals surface area contributed by atoms with Crippen molar-refractivity contribution < 1.29 is 8.42 Å². The van der Waals surface area contributed by atoms with Gasteiger partial charge in [-0.2, -0.15) is 0 Å². The molecular weight excluding hydrogens is 270 g/mol. The summed E-state index contributed by atoms with van der Waals surface area (Å²) in [4.78, 5) is 0. The Morgan fingerprint density at radius 1 is 1.22 bits per heavy atom. The summed E-state index contributed by atoms with van der Waals surface area (Å²) >= 11 is 5.88. The van der Waals surface area contributed by atoms with Crippen LogP contribution in [-0.2, 0) is 15.6 Å². The van der Waals surface area contributed by atoms with E-state index >= 15 is 0 Å². The maximum absolute atomic E-state index is 12.3. The molecule has 1 aromatic rings. The van der Waals surface area contributed by atoms with Gasteiger partial charge in [-0.25, -0.2) is 8.42 Å². The van der Waals surface area contributed by atoms with Crippen LogP contribution < -0.4 is 5.73 Å². The highest BCUT2D eigenvalue weighted by molar-refractivity contribution is 7.91. The van der Waals surface area contributed by atoms with E-state index in [-0.39, 0.29) is 11.0 Å². The van der Waals surface area contributed by atoms with Gasteiger partial charge in [0.2, 0.25) is 0 Å². The van der Waals surface area contributed by atoms with Gasteiger partial charge in [0, 0.05) is 10.7 Å². The quantitative estimate of drug-likeness (QED) is 0.869.